The van der Waals surface area contributed by atoms with E-state index in [1.165, 1.54) is 7.11 Å². The zero-order valence-electron chi connectivity index (χ0n) is 23.5. The Balaban J connectivity index is 1.60. The number of ether oxygens (including phenoxy) is 7. The van der Waals surface area contributed by atoms with E-state index in [2.05, 4.69) is 5.32 Å². The molecule has 1 amide bonds. The van der Waals surface area contributed by atoms with Gasteiger partial charge in [0.15, 0.2) is 17.3 Å². The lowest BCUT2D eigenvalue weighted by Crippen LogP contribution is -2.53. The van der Waals surface area contributed by atoms with Gasteiger partial charge in [-0.25, -0.2) is 9.59 Å². The number of amides is 1. The van der Waals surface area contributed by atoms with Crippen molar-refractivity contribution in [2.75, 3.05) is 13.9 Å². The highest BCUT2D eigenvalue weighted by Crippen LogP contribution is 2.50. The van der Waals surface area contributed by atoms with Crippen LogP contribution in [0.25, 0.3) is 0 Å². The molecule has 214 valence electrons. The van der Waals surface area contributed by atoms with E-state index >= 15 is 0 Å². The molecule has 40 heavy (non-hydrogen) atoms. The number of nitrogens with one attached hydrogen (secondary N) is 1. The summed E-state index contributed by atoms with van der Waals surface area (Å²) in [5, 5.41) is 2.98. The molecule has 10 nitrogen and oxygen atoms in total. The van der Waals surface area contributed by atoms with Crippen molar-refractivity contribution in [2.45, 2.75) is 76.8 Å². The quantitative estimate of drug-likeness (QED) is 0.397. The minimum absolute atomic E-state index is 0.0307. The fourth-order valence-corrected chi connectivity index (χ4v) is 5.18. The highest BCUT2D eigenvalue weighted by atomic mass is 16.8. The van der Waals surface area contributed by atoms with Gasteiger partial charge in [0.05, 0.1) is 13.2 Å². The van der Waals surface area contributed by atoms with Crippen LogP contribution in [0.4, 0.5) is 4.79 Å². The Hall–Kier alpha value is -3.76. The minimum Gasteiger partial charge on any atom is -0.484 e. The molecule has 5 rings (SSSR count). The predicted octanol–water partition coefficient (Wildman–Crippen LogP) is 4.85. The molecule has 0 unspecified atom stereocenters. The summed E-state index contributed by atoms with van der Waals surface area (Å²) < 4.78 is 40.8. The molecule has 10 heteroatoms. The summed E-state index contributed by atoms with van der Waals surface area (Å²) in [6.07, 6.45) is 2.16. The fraction of sp³-hybridized carbons (Fsp3) is 0.467. The summed E-state index contributed by atoms with van der Waals surface area (Å²) in [7, 11) is 1.30. The fourth-order valence-electron chi connectivity index (χ4n) is 5.18. The zero-order chi connectivity index (χ0) is 28.7. The van der Waals surface area contributed by atoms with E-state index in [1.807, 2.05) is 56.3 Å². The monoisotopic (exact) mass is 553 g/mol. The number of carbonyl (C=O) groups is 2. The SMILES string of the molecule is COC(=O)c1c([C@H]2C=C[C@H]3OC(C)(C)O[C@H]3[C@@H]2NC(=O)OC(C)(C)C)cc2c(c1OCc1ccccc1)OCO2. The summed E-state index contributed by atoms with van der Waals surface area (Å²) in [5.74, 6) is -1.12. The van der Waals surface area contributed by atoms with Crippen molar-refractivity contribution in [3.63, 3.8) is 0 Å². The van der Waals surface area contributed by atoms with Gasteiger partial charge in [0.25, 0.3) is 0 Å². The van der Waals surface area contributed by atoms with Crippen molar-refractivity contribution in [2.24, 2.45) is 0 Å². The van der Waals surface area contributed by atoms with Gasteiger partial charge in [-0.3, -0.25) is 0 Å². The van der Waals surface area contributed by atoms with E-state index in [0.717, 1.165) is 5.56 Å². The molecule has 1 fully saturated rings. The van der Waals surface area contributed by atoms with E-state index in [4.69, 9.17) is 33.2 Å². The smallest absolute Gasteiger partial charge is 0.407 e. The van der Waals surface area contributed by atoms with Crippen molar-refractivity contribution in [1.29, 1.82) is 0 Å². The third-order valence-electron chi connectivity index (χ3n) is 6.72. The molecule has 0 bridgehead atoms. The molecule has 2 aromatic rings. The first-order valence-corrected chi connectivity index (χ1v) is 13.2. The van der Waals surface area contributed by atoms with Crippen LogP contribution in [-0.2, 0) is 25.6 Å². The van der Waals surface area contributed by atoms with Crippen molar-refractivity contribution in [1.82, 2.24) is 5.32 Å². The summed E-state index contributed by atoms with van der Waals surface area (Å²) in [4.78, 5) is 26.4. The Labute approximate surface area is 233 Å². The standard InChI is InChI=1S/C30H35NO9/c1-29(2,3)40-28(33)31-23-18(12-13-20-24(23)39-30(4,5)38-20)19-14-21-25(37-16-36-21)26(22(19)27(32)34-6)35-15-17-10-8-7-9-11-17/h7-14,18,20,23-24H,15-16H2,1-6H3,(H,31,33)/t18-,20-,23-,24-/m1/s1. The number of benzene rings is 2. The second-order valence-corrected chi connectivity index (χ2v) is 11.3. The molecule has 0 spiro atoms. The Morgan fingerprint density at radius 2 is 1.82 bits per heavy atom. The number of rotatable bonds is 6. The highest BCUT2D eigenvalue weighted by molar-refractivity contribution is 5.96. The van der Waals surface area contributed by atoms with Gasteiger partial charge >= 0.3 is 12.1 Å². The lowest BCUT2D eigenvalue weighted by molar-refractivity contribution is -0.145. The molecule has 0 aromatic heterocycles. The molecule has 1 aliphatic carbocycles. The second kappa shape index (κ2) is 10.7. The minimum atomic E-state index is -0.882. The van der Waals surface area contributed by atoms with Crippen LogP contribution in [0.15, 0.2) is 48.6 Å². The number of esters is 1. The first kappa shape index (κ1) is 27.8. The molecule has 1 N–H and O–H groups in total. The molecule has 0 radical (unpaired) electrons. The lowest BCUT2D eigenvalue weighted by Gasteiger charge is -2.36. The van der Waals surface area contributed by atoms with Crippen LogP contribution in [0.2, 0.25) is 0 Å². The van der Waals surface area contributed by atoms with E-state index in [1.54, 1.807) is 26.8 Å². The predicted molar refractivity (Wildman–Crippen MR) is 144 cm³/mol. The van der Waals surface area contributed by atoms with Gasteiger partial charge in [-0.15, -0.1) is 0 Å². The van der Waals surface area contributed by atoms with Gasteiger partial charge in [0.2, 0.25) is 12.5 Å². The Morgan fingerprint density at radius 3 is 2.52 bits per heavy atom. The number of hydrogen-bond acceptors (Lipinski definition) is 9. The van der Waals surface area contributed by atoms with Crippen molar-refractivity contribution < 1.29 is 42.7 Å². The van der Waals surface area contributed by atoms with Crippen molar-refractivity contribution >= 4 is 12.1 Å². The number of hydrogen-bond donors (Lipinski definition) is 1. The topological polar surface area (TPSA) is 111 Å². The van der Waals surface area contributed by atoms with E-state index < -0.39 is 47.6 Å². The second-order valence-electron chi connectivity index (χ2n) is 11.3. The third-order valence-corrected chi connectivity index (χ3v) is 6.72. The maximum absolute atomic E-state index is 13.4. The van der Waals surface area contributed by atoms with E-state index in [-0.39, 0.29) is 24.7 Å². The summed E-state index contributed by atoms with van der Waals surface area (Å²) in [6, 6.07) is 10.6. The molecule has 2 aliphatic heterocycles. The molecule has 4 atom stereocenters. The maximum atomic E-state index is 13.4. The van der Waals surface area contributed by atoms with Gasteiger partial charge < -0.3 is 38.5 Å². The summed E-state index contributed by atoms with van der Waals surface area (Å²) in [5.41, 5.74) is 0.873. The third kappa shape index (κ3) is 5.73. The van der Waals surface area contributed by atoms with E-state index in [0.29, 0.717) is 17.1 Å². The Bertz CT molecular complexity index is 1300. The van der Waals surface area contributed by atoms with Gasteiger partial charge in [0.1, 0.15) is 30.0 Å². The zero-order valence-corrected chi connectivity index (χ0v) is 23.5. The molecule has 2 heterocycles. The summed E-state index contributed by atoms with van der Waals surface area (Å²) in [6.45, 7) is 9.14. The van der Waals surface area contributed by atoms with Crippen molar-refractivity contribution in [3.05, 3.63) is 65.2 Å². The number of fused-ring (bicyclic) bond motifs is 2. The largest absolute Gasteiger partial charge is 0.484 e. The van der Waals surface area contributed by atoms with Crippen LogP contribution in [0.5, 0.6) is 17.2 Å². The highest BCUT2D eigenvalue weighted by Gasteiger charge is 2.50. The van der Waals surface area contributed by atoms with Crippen LogP contribution < -0.4 is 19.5 Å². The van der Waals surface area contributed by atoms with Gasteiger partial charge in [-0.05, 0) is 51.8 Å². The first-order chi connectivity index (χ1) is 19.0. The summed E-state index contributed by atoms with van der Waals surface area (Å²) >= 11 is 0. The molecular weight excluding hydrogens is 518 g/mol. The van der Waals surface area contributed by atoms with Gasteiger partial charge in [0, 0.05) is 5.92 Å². The molecular formula is C30H35NO9. The normalized spacial score (nSPS) is 24.2. The Kier molecular flexibility index (Phi) is 7.41. The van der Waals surface area contributed by atoms with Gasteiger partial charge in [-0.1, -0.05) is 42.5 Å². The van der Waals surface area contributed by atoms with Crippen LogP contribution in [0, 0.1) is 0 Å². The first-order valence-electron chi connectivity index (χ1n) is 13.2. The molecule has 2 aromatic carbocycles. The van der Waals surface area contributed by atoms with Crippen molar-refractivity contribution in [3.8, 4) is 17.2 Å². The average Bonchev–Trinajstić information content (AvgIpc) is 3.49. The number of alkyl carbamates (subject to hydrolysis) is 1. The Morgan fingerprint density at radius 1 is 1.07 bits per heavy atom. The van der Waals surface area contributed by atoms with Gasteiger partial charge in [-0.2, -0.15) is 0 Å². The number of methoxy groups -OCH3 is 1. The van der Waals surface area contributed by atoms with E-state index in [9.17, 15) is 9.59 Å². The maximum Gasteiger partial charge on any atom is 0.407 e. The molecule has 1 saturated heterocycles. The van der Waals surface area contributed by atoms with Crippen LogP contribution in [0.3, 0.4) is 0 Å². The molecule has 3 aliphatic rings. The molecule has 0 saturated carbocycles. The van der Waals surface area contributed by atoms with Crippen LogP contribution >= 0.6 is 0 Å². The average molecular weight is 554 g/mol. The van der Waals surface area contributed by atoms with Crippen LogP contribution in [0.1, 0.15) is 62.0 Å². The number of carbonyl (C=O) groups excluding carboxylic acids is 2. The lowest BCUT2D eigenvalue weighted by atomic mass is 9.79. The van der Waals surface area contributed by atoms with Crippen LogP contribution in [-0.4, -0.2) is 55.6 Å².